The van der Waals surface area contributed by atoms with Crippen LogP contribution >= 0.6 is 0 Å². The van der Waals surface area contributed by atoms with E-state index in [1.807, 2.05) is 0 Å². The molecule has 11 aromatic carbocycles. The summed E-state index contributed by atoms with van der Waals surface area (Å²) in [6.45, 7) is 0. The van der Waals surface area contributed by atoms with Crippen molar-refractivity contribution < 1.29 is 0 Å². The van der Waals surface area contributed by atoms with Crippen LogP contribution in [0.15, 0.2) is 267 Å². The van der Waals surface area contributed by atoms with Gasteiger partial charge in [0.2, 0.25) is 0 Å². The quantitative estimate of drug-likeness (QED) is 0.140. The fraction of sp³-hybridized carbons (Fsp3) is 0. The molecule has 0 saturated heterocycles. The first-order valence-electron chi connectivity index (χ1n) is 23.1. The van der Waals surface area contributed by atoms with Crippen molar-refractivity contribution in [1.82, 2.24) is 0 Å². The van der Waals surface area contributed by atoms with E-state index >= 15 is 0 Å². The Balaban J connectivity index is 0.863. The third kappa shape index (κ3) is 7.73. The third-order valence-corrected chi connectivity index (χ3v) is 13.3. The molecule has 1 nitrogen and oxygen atoms in total. The predicted molar refractivity (Wildman–Crippen MR) is 285 cm³/mol. The molecule has 0 fully saturated rings. The highest BCUT2D eigenvalue weighted by atomic mass is 15.1. The second kappa shape index (κ2) is 17.3. The van der Waals surface area contributed by atoms with Gasteiger partial charge >= 0.3 is 0 Å². The van der Waals surface area contributed by atoms with Crippen LogP contribution in [0.4, 0.5) is 17.1 Å². The van der Waals surface area contributed by atoms with Crippen LogP contribution in [0.5, 0.6) is 0 Å². The highest BCUT2D eigenvalue weighted by Crippen LogP contribution is 2.48. The van der Waals surface area contributed by atoms with E-state index in [1.54, 1.807) is 0 Å². The van der Waals surface area contributed by atoms with Crippen LogP contribution in [0.2, 0.25) is 0 Å². The molecule has 0 amide bonds. The van der Waals surface area contributed by atoms with Gasteiger partial charge < -0.3 is 4.90 Å². The van der Waals surface area contributed by atoms with Gasteiger partial charge in [-0.05, 0) is 154 Å². The van der Waals surface area contributed by atoms with Gasteiger partial charge in [-0.25, -0.2) is 0 Å². The summed E-state index contributed by atoms with van der Waals surface area (Å²) in [5.74, 6) is 0. The van der Waals surface area contributed by atoms with Crippen molar-refractivity contribution in [2.24, 2.45) is 0 Å². The van der Waals surface area contributed by atoms with Crippen LogP contribution in [-0.4, -0.2) is 0 Å². The summed E-state index contributed by atoms with van der Waals surface area (Å²) in [7, 11) is 0. The molecule has 67 heavy (non-hydrogen) atoms. The first kappa shape index (κ1) is 39.8. The molecule has 11 aromatic rings. The standard InChI is InChI=1S/C66H45N/c1-4-13-47(14-5-1)51-27-35-57(36-28-51)67(59-39-31-54(32-40-59)61-22-12-20-53-19-10-11-21-60(53)61)58-37-29-52(30-38-58)50-25-23-46(24-26-50)43-64-62-41-33-55(48-15-6-2-7-16-48)44-65(62)66-45-56(34-42-63(64)66)49-17-8-3-9-18-49/h1-45H. The van der Waals surface area contributed by atoms with E-state index in [4.69, 9.17) is 0 Å². The molecule has 12 rings (SSSR count). The summed E-state index contributed by atoms with van der Waals surface area (Å²) in [6, 6.07) is 96.9. The average molecular weight is 852 g/mol. The highest BCUT2D eigenvalue weighted by molar-refractivity contribution is 6.08. The van der Waals surface area contributed by atoms with Crippen LogP contribution < -0.4 is 4.90 Å². The molecule has 0 saturated carbocycles. The SMILES string of the molecule is C(=C1c2ccc(-c3ccccc3)cc2-c2cc(-c3ccccc3)ccc21)c1ccc(-c2ccc(N(c3ccc(-c4ccccc4)cc3)c3ccc(-c4cccc5ccccc45)cc3)cc2)cc1. The van der Waals surface area contributed by atoms with Crippen LogP contribution in [0.25, 0.3) is 89.2 Å². The topological polar surface area (TPSA) is 3.24 Å². The largest absolute Gasteiger partial charge is 0.311 e. The van der Waals surface area contributed by atoms with Crippen molar-refractivity contribution in [2.75, 3.05) is 4.90 Å². The minimum absolute atomic E-state index is 1.10. The fourth-order valence-corrected chi connectivity index (χ4v) is 9.81. The Morgan fingerprint density at radius 2 is 0.612 bits per heavy atom. The van der Waals surface area contributed by atoms with Crippen molar-refractivity contribution in [3.8, 4) is 66.8 Å². The molecule has 0 spiro atoms. The lowest BCUT2D eigenvalue weighted by Crippen LogP contribution is -2.09. The molecule has 0 aliphatic heterocycles. The van der Waals surface area contributed by atoms with Crippen molar-refractivity contribution in [3.05, 3.63) is 284 Å². The molecule has 0 heterocycles. The molecular formula is C66H45N. The lowest BCUT2D eigenvalue weighted by atomic mass is 9.96. The number of anilines is 3. The van der Waals surface area contributed by atoms with Crippen LogP contribution in [0.3, 0.4) is 0 Å². The molecule has 0 radical (unpaired) electrons. The lowest BCUT2D eigenvalue weighted by molar-refractivity contribution is 1.28. The highest BCUT2D eigenvalue weighted by Gasteiger charge is 2.25. The van der Waals surface area contributed by atoms with Gasteiger partial charge in [-0.3, -0.25) is 0 Å². The number of benzene rings is 11. The van der Waals surface area contributed by atoms with Crippen molar-refractivity contribution in [1.29, 1.82) is 0 Å². The van der Waals surface area contributed by atoms with Gasteiger partial charge in [-0.15, -0.1) is 0 Å². The smallest absolute Gasteiger partial charge is 0.0462 e. The fourth-order valence-electron chi connectivity index (χ4n) is 9.81. The van der Waals surface area contributed by atoms with Crippen LogP contribution in [0, 0.1) is 0 Å². The summed E-state index contributed by atoms with van der Waals surface area (Å²) < 4.78 is 0. The van der Waals surface area contributed by atoms with Crippen LogP contribution in [-0.2, 0) is 0 Å². The molecule has 1 aliphatic carbocycles. The molecule has 0 bridgehead atoms. The monoisotopic (exact) mass is 851 g/mol. The molecule has 1 heteroatoms. The maximum absolute atomic E-state index is 2.37. The van der Waals surface area contributed by atoms with Crippen molar-refractivity contribution in [3.63, 3.8) is 0 Å². The molecule has 314 valence electrons. The molecule has 0 N–H and O–H groups in total. The summed E-state index contributed by atoms with van der Waals surface area (Å²) in [4.78, 5) is 2.35. The van der Waals surface area contributed by atoms with E-state index in [2.05, 4.69) is 278 Å². The Labute approximate surface area is 392 Å². The first-order chi connectivity index (χ1) is 33.2. The van der Waals surface area contributed by atoms with E-state index in [0.717, 1.165) is 17.1 Å². The maximum Gasteiger partial charge on any atom is 0.0462 e. The van der Waals surface area contributed by atoms with Gasteiger partial charge in [0.25, 0.3) is 0 Å². The summed E-state index contributed by atoms with van der Waals surface area (Å²) in [6.07, 6.45) is 2.36. The Bertz CT molecular complexity index is 3460. The van der Waals surface area contributed by atoms with E-state index in [1.165, 1.54) is 99.8 Å². The van der Waals surface area contributed by atoms with E-state index in [9.17, 15) is 0 Å². The van der Waals surface area contributed by atoms with Gasteiger partial charge in [0.1, 0.15) is 0 Å². The van der Waals surface area contributed by atoms with E-state index in [0.29, 0.717) is 0 Å². The number of rotatable bonds is 9. The van der Waals surface area contributed by atoms with Gasteiger partial charge in [-0.2, -0.15) is 0 Å². The number of fused-ring (bicyclic) bond motifs is 4. The molecule has 1 aliphatic rings. The molecular weight excluding hydrogens is 807 g/mol. The maximum atomic E-state index is 2.37. The summed E-state index contributed by atoms with van der Waals surface area (Å²) in [5.41, 5.74) is 22.9. The predicted octanol–water partition coefficient (Wildman–Crippen LogP) is 18.2. The van der Waals surface area contributed by atoms with E-state index < -0.39 is 0 Å². The zero-order chi connectivity index (χ0) is 44.5. The first-order valence-corrected chi connectivity index (χ1v) is 23.1. The number of hydrogen-bond acceptors (Lipinski definition) is 1. The Hall–Kier alpha value is -8.78. The Morgan fingerprint density at radius 1 is 0.239 bits per heavy atom. The molecule has 0 unspecified atom stereocenters. The van der Waals surface area contributed by atoms with Crippen molar-refractivity contribution in [2.45, 2.75) is 0 Å². The normalized spacial score (nSPS) is 11.6. The van der Waals surface area contributed by atoms with E-state index in [-0.39, 0.29) is 0 Å². The van der Waals surface area contributed by atoms with Gasteiger partial charge in [-0.1, -0.05) is 218 Å². The molecule has 0 atom stereocenters. The number of nitrogens with zero attached hydrogens (tertiary/aromatic N) is 1. The van der Waals surface area contributed by atoms with Gasteiger partial charge in [0.15, 0.2) is 0 Å². The minimum atomic E-state index is 1.10. The third-order valence-electron chi connectivity index (χ3n) is 13.3. The zero-order valence-corrected chi connectivity index (χ0v) is 36.9. The average Bonchev–Trinajstić information content (AvgIpc) is 3.71. The Kier molecular flexibility index (Phi) is 10.3. The van der Waals surface area contributed by atoms with Crippen LogP contribution in [0.1, 0.15) is 16.7 Å². The summed E-state index contributed by atoms with van der Waals surface area (Å²) >= 11 is 0. The molecule has 0 aromatic heterocycles. The summed E-state index contributed by atoms with van der Waals surface area (Å²) in [5, 5.41) is 2.51. The number of hydrogen-bond donors (Lipinski definition) is 0. The van der Waals surface area contributed by atoms with Gasteiger partial charge in [0, 0.05) is 17.1 Å². The lowest BCUT2D eigenvalue weighted by Gasteiger charge is -2.26. The zero-order valence-electron chi connectivity index (χ0n) is 36.9. The van der Waals surface area contributed by atoms with Crippen molar-refractivity contribution >= 4 is 39.5 Å². The minimum Gasteiger partial charge on any atom is -0.311 e. The van der Waals surface area contributed by atoms with Gasteiger partial charge in [0.05, 0.1) is 0 Å². The Morgan fingerprint density at radius 3 is 1.10 bits per heavy atom. The second-order valence-electron chi connectivity index (χ2n) is 17.3. The second-order valence-corrected chi connectivity index (χ2v) is 17.3.